The van der Waals surface area contributed by atoms with E-state index in [2.05, 4.69) is 74.7 Å². The van der Waals surface area contributed by atoms with Crippen LogP contribution in [-0.4, -0.2) is 50.6 Å². The summed E-state index contributed by atoms with van der Waals surface area (Å²) in [7, 11) is 0. The number of ketones is 3. The summed E-state index contributed by atoms with van der Waals surface area (Å²) < 4.78 is 18.1. The highest BCUT2D eigenvalue weighted by molar-refractivity contribution is 6.32. The Morgan fingerprint density at radius 2 is 0.798 bits per heavy atom. The molecule has 84 heavy (non-hydrogen) atoms. The highest BCUT2D eigenvalue weighted by Crippen LogP contribution is 2.35. The molecule has 0 spiro atoms. The minimum atomic E-state index is 0.0125. The Balaban J connectivity index is 0.000000181. The number of halogens is 3. The number of carbonyl (C=O) groups is 3. The fourth-order valence-corrected chi connectivity index (χ4v) is 11.4. The number of hydrogen-bond donors (Lipinski definition) is 0. The van der Waals surface area contributed by atoms with Gasteiger partial charge in [-0.3, -0.25) is 19.4 Å². The standard InChI is InChI=1S/C24H26ClNO2.C23H25ClN2O2.C22H24ClN3O2/c1-16(2)18-5-7-19(8-6-18)24(27)13-17-3-10-21(11-4-17)28-22-12-9-20(15-26)23(25)14-22;1-15(2)22-10-6-18(14-26-22)23(27)11-16-3-7-19(8-4-16)28-20-9-5-17(13-25)21(24)12-20;1-14(2)17-12-25-22(26-13-17)21(27)9-15-3-6-18(7-4-15)28-19-8-5-16(11-24)20(23)10-19/h5-9,12,14,16-17,21H,3-4,10-11,13H2,1-2H3;5-6,9-10,12,14-16,19H,3-4,7-8,11H2,1-2H3;5,8,10,12-15,18H,3-4,6-7,9H2,1-2H3. The summed E-state index contributed by atoms with van der Waals surface area (Å²) in [5.41, 5.74) is 6.18. The van der Waals surface area contributed by atoms with Crippen LogP contribution in [0.3, 0.4) is 0 Å². The summed E-state index contributed by atoms with van der Waals surface area (Å²) in [5.74, 6) is 5.16. The fourth-order valence-electron chi connectivity index (χ4n) is 10.8. The van der Waals surface area contributed by atoms with Crippen molar-refractivity contribution in [3.05, 3.63) is 175 Å². The number of aromatic nitrogens is 3. The molecule has 0 atom stereocenters. The van der Waals surface area contributed by atoms with Crippen LogP contribution in [0.4, 0.5) is 0 Å². The Labute approximate surface area is 510 Å². The number of nitriles is 3. The summed E-state index contributed by atoms with van der Waals surface area (Å²) >= 11 is 18.2. The molecular formula is C69H75Cl3N6O6. The monoisotopic (exact) mass is 1190 g/mol. The van der Waals surface area contributed by atoms with E-state index in [9.17, 15) is 14.4 Å². The van der Waals surface area contributed by atoms with Gasteiger partial charge in [-0.1, -0.05) is 101 Å². The van der Waals surface area contributed by atoms with Crippen molar-refractivity contribution in [2.75, 3.05) is 0 Å². The zero-order chi connectivity index (χ0) is 60.3. The van der Waals surface area contributed by atoms with E-state index in [0.717, 1.165) is 93.9 Å². The fraction of sp³-hybridized carbons (Fsp3) is 0.435. The maximum atomic E-state index is 12.6. The van der Waals surface area contributed by atoms with Gasteiger partial charge in [-0.25, -0.2) is 9.97 Å². The lowest BCUT2D eigenvalue weighted by molar-refractivity contribution is 0.0889. The van der Waals surface area contributed by atoms with Crippen molar-refractivity contribution in [2.24, 2.45) is 17.8 Å². The molecule has 2 aromatic heterocycles. The lowest BCUT2D eigenvalue weighted by atomic mass is 9.83. The maximum absolute atomic E-state index is 12.6. The van der Waals surface area contributed by atoms with Crippen LogP contribution >= 0.6 is 34.8 Å². The summed E-state index contributed by atoms with van der Waals surface area (Å²) in [5, 5.41) is 28.1. The molecule has 6 aromatic rings. The number of pyridine rings is 1. The van der Waals surface area contributed by atoms with Crippen LogP contribution < -0.4 is 14.2 Å². The van der Waals surface area contributed by atoms with Gasteiger partial charge in [0.2, 0.25) is 0 Å². The van der Waals surface area contributed by atoms with E-state index in [1.807, 2.05) is 36.4 Å². The molecule has 0 bridgehead atoms. The molecule has 4 aromatic carbocycles. The number of rotatable bonds is 18. The average Bonchev–Trinajstić information content (AvgIpc) is 3.60. The Hall–Kier alpha value is -7.14. The third-order valence-corrected chi connectivity index (χ3v) is 17.0. The summed E-state index contributed by atoms with van der Waals surface area (Å²) in [4.78, 5) is 50.5. The Kier molecular flexibility index (Phi) is 24.3. The van der Waals surface area contributed by atoms with Crippen molar-refractivity contribution in [1.82, 2.24) is 15.0 Å². The molecule has 0 N–H and O–H groups in total. The first kappa shape index (κ1) is 64.4. The lowest BCUT2D eigenvalue weighted by Crippen LogP contribution is -2.25. The molecule has 2 heterocycles. The van der Waals surface area contributed by atoms with Gasteiger partial charge >= 0.3 is 0 Å². The van der Waals surface area contributed by atoms with E-state index in [4.69, 9.17) is 64.8 Å². The van der Waals surface area contributed by atoms with Gasteiger partial charge < -0.3 is 14.2 Å². The van der Waals surface area contributed by atoms with Crippen molar-refractivity contribution in [3.63, 3.8) is 0 Å². The van der Waals surface area contributed by atoms with Crippen molar-refractivity contribution >= 4 is 52.2 Å². The summed E-state index contributed by atoms with van der Waals surface area (Å²) in [6.45, 7) is 12.7. The van der Waals surface area contributed by atoms with Gasteiger partial charge in [0.15, 0.2) is 23.2 Å². The zero-order valence-electron chi connectivity index (χ0n) is 49.0. The normalized spacial score (nSPS) is 19.2. The molecule has 3 aliphatic carbocycles. The molecule has 3 aliphatic rings. The molecule has 0 unspecified atom stereocenters. The minimum Gasteiger partial charge on any atom is -0.490 e. The van der Waals surface area contributed by atoms with E-state index in [1.54, 1.807) is 73.2 Å². The number of hydrogen-bond acceptors (Lipinski definition) is 12. The summed E-state index contributed by atoms with van der Waals surface area (Å²) in [6, 6.07) is 33.5. The molecule has 12 nitrogen and oxygen atoms in total. The van der Waals surface area contributed by atoms with Crippen LogP contribution in [0.2, 0.25) is 15.1 Å². The number of nitrogens with zero attached hydrogens (tertiary/aromatic N) is 6. The predicted octanol–water partition coefficient (Wildman–Crippen LogP) is 17.8. The van der Waals surface area contributed by atoms with Crippen molar-refractivity contribution in [2.45, 2.75) is 174 Å². The van der Waals surface area contributed by atoms with Crippen LogP contribution in [0.25, 0.3) is 0 Å². The lowest BCUT2D eigenvalue weighted by Gasteiger charge is -2.28. The van der Waals surface area contributed by atoms with E-state index in [-0.39, 0.29) is 35.7 Å². The Morgan fingerprint density at radius 3 is 1.12 bits per heavy atom. The van der Waals surface area contributed by atoms with E-state index < -0.39 is 0 Å². The number of benzene rings is 4. The second kappa shape index (κ2) is 31.7. The van der Waals surface area contributed by atoms with Gasteiger partial charge in [0.05, 0.1) is 50.1 Å². The molecule has 0 aliphatic heterocycles. The molecule has 0 amide bonds. The quantitative estimate of drug-likeness (QED) is 0.0742. The highest BCUT2D eigenvalue weighted by Gasteiger charge is 2.28. The van der Waals surface area contributed by atoms with Gasteiger partial charge in [0.1, 0.15) is 35.5 Å². The predicted molar refractivity (Wildman–Crippen MR) is 329 cm³/mol. The van der Waals surface area contributed by atoms with E-state index in [1.165, 1.54) is 5.56 Å². The van der Waals surface area contributed by atoms with Crippen molar-refractivity contribution in [1.29, 1.82) is 15.8 Å². The van der Waals surface area contributed by atoms with Gasteiger partial charge in [0.25, 0.3) is 0 Å². The second-order valence-corrected chi connectivity index (χ2v) is 24.5. The third kappa shape index (κ3) is 19.2. The topological polar surface area (TPSA) is 189 Å². The number of Topliss-reactive ketones (excluding diaryl/α,β-unsaturated/α-hetero) is 3. The minimum absolute atomic E-state index is 0.0125. The van der Waals surface area contributed by atoms with E-state index >= 15 is 0 Å². The van der Waals surface area contributed by atoms with Crippen LogP contribution in [0.5, 0.6) is 17.2 Å². The third-order valence-electron chi connectivity index (χ3n) is 16.1. The molecule has 9 rings (SSSR count). The molecule has 3 saturated carbocycles. The average molecular weight is 1190 g/mol. The van der Waals surface area contributed by atoms with Crippen LogP contribution in [0, 0.1) is 51.7 Å². The number of ether oxygens (including phenoxy) is 3. The Morgan fingerprint density at radius 1 is 0.440 bits per heavy atom. The van der Waals surface area contributed by atoms with Crippen LogP contribution in [0.1, 0.15) is 220 Å². The molecule has 15 heteroatoms. The smallest absolute Gasteiger partial charge is 0.200 e. The van der Waals surface area contributed by atoms with Crippen LogP contribution in [0.15, 0.2) is 110 Å². The molecule has 0 saturated heterocycles. The Bertz CT molecular complexity index is 2940. The first-order valence-corrected chi connectivity index (χ1v) is 30.6. The van der Waals surface area contributed by atoms with Gasteiger partial charge in [-0.15, -0.1) is 0 Å². The van der Waals surface area contributed by atoms with Gasteiger partial charge in [-0.2, -0.15) is 15.8 Å². The zero-order valence-corrected chi connectivity index (χ0v) is 51.2. The maximum Gasteiger partial charge on any atom is 0.200 e. The van der Waals surface area contributed by atoms with Crippen molar-refractivity contribution < 1.29 is 28.6 Å². The second-order valence-electron chi connectivity index (χ2n) is 23.3. The first-order chi connectivity index (χ1) is 40.4. The molecular weight excluding hydrogens is 1120 g/mol. The molecule has 438 valence electrons. The number of carbonyl (C=O) groups excluding carboxylic acids is 3. The molecule has 3 fully saturated rings. The van der Waals surface area contributed by atoms with Crippen LogP contribution in [-0.2, 0) is 0 Å². The van der Waals surface area contributed by atoms with E-state index in [0.29, 0.717) is 115 Å². The highest BCUT2D eigenvalue weighted by atomic mass is 35.5. The first-order valence-electron chi connectivity index (χ1n) is 29.4. The largest absolute Gasteiger partial charge is 0.490 e. The van der Waals surface area contributed by atoms with Gasteiger partial charge in [-0.05, 0) is 172 Å². The SMILES string of the molecule is CC(C)c1ccc(C(=O)CC2CCC(Oc3ccc(C#N)c(Cl)c3)CC2)cc1.CC(C)c1ccc(C(=O)CC2CCC(Oc3ccc(C#N)c(Cl)c3)CC2)cn1.CC(C)c1cnc(C(=O)CC2CCC(Oc3ccc(C#N)c(Cl)c3)CC2)nc1. The summed E-state index contributed by atoms with van der Waals surface area (Å²) in [6.07, 6.45) is 18.5. The van der Waals surface area contributed by atoms with Gasteiger partial charge in [0, 0.05) is 72.9 Å². The molecule has 0 radical (unpaired) electrons. The van der Waals surface area contributed by atoms with Crippen molar-refractivity contribution in [3.8, 4) is 35.5 Å².